The number of rotatable bonds is 6. The van der Waals surface area contributed by atoms with Gasteiger partial charge in [-0.1, -0.05) is 19.8 Å². The first-order valence-electron chi connectivity index (χ1n) is 6.02. The molecule has 1 rings (SSSR count). The molecule has 1 aliphatic carbocycles. The molecule has 2 nitrogen and oxygen atoms in total. The van der Waals surface area contributed by atoms with E-state index in [0.717, 1.165) is 24.5 Å². The van der Waals surface area contributed by atoms with E-state index in [1.54, 1.807) is 0 Å². The summed E-state index contributed by atoms with van der Waals surface area (Å²) < 4.78 is 0. The van der Waals surface area contributed by atoms with Crippen LogP contribution in [0.4, 0.5) is 0 Å². The first-order chi connectivity index (χ1) is 7.20. The summed E-state index contributed by atoms with van der Waals surface area (Å²) in [5, 5.41) is 9.80. The van der Waals surface area contributed by atoms with Gasteiger partial charge in [0, 0.05) is 5.25 Å². The van der Waals surface area contributed by atoms with Crippen LogP contribution in [0, 0.1) is 11.3 Å². The Morgan fingerprint density at radius 1 is 1.47 bits per heavy atom. The summed E-state index contributed by atoms with van der Waals surface area (Å²) in [6.45, 7) is 1.99. The second-order valence-electron chi connectivity index (χ2n) is 4.50. The van der Waals surface area contributed by atoms with E-state index < -0.39 is 5.54 Å². The molecule has 0 aromatic rings. The highest BCUT2D eigenvalue weighted by Crippen LogP contribution is 2.30. The van der Waals surface area contributed by atoms with Crippen molar-refractivity contribution in [2.45, 2.75) is 62.7 Å². The van der Waals surface area contributed by atoms with Crippen LogP contribution in [0.2, 0.25) is 0 Å². The normalized spacial score (nSPS) is 21.1. The van der Waals surface area contributed by atoms with Gasteiger partial charge < -0.3 is 5.73 Å². The lowest BCUT2D eigenvalue weighted by Crippen LogP contribution is -2.37. The first-order valence-corrected chi connectivity index (χ1v) is 7.07. The summed E-state index contributed by atoms with van der Waals surface area (Å²) in [5.41, 5.74) is 5.35. The average Bonchev–Trinajstić information content (AvgIpc) is 2.77. The van der Waals surface area contributed by atoms with Crippen LogP contribution >= 0.6 is 11.8 Å². The monoisotopic (exact) mass is 226 g/mol. The molecule has 1 atom stereocenters. The number of hydrogen-bond acceptors (Lipinski definition) is 3. The van der Waals surface area contributed by atoms with Crippen molar-refractivity contribution in [1.82, 2.24) is 0 Å². The maximum atomic E-state index is 8.91. The molecule has 0 aromatic carbocycles. The topological polar surface area (TPSA) is 49.8 Å². The van der Waals surface area contributed by atoms with E-state index >= 15 is 0 Å². The van der Waals surface area contributed by atoms with E-state index in [9.17, 15) is 0 Å². The van der Waals surface area contributed by atoms with Gasteiger partial charge in [0.2, 0.25) is 0 Å². The molecule has 0 bridgehead atoms. The Morgan fingerprint density at radius 3 is 2.67 bits per heavy atom. The Labute approximate surface area is 97.6 Å². The van der Waals surface area contributed by atoms with E-state index in [4.69, 9.17) is 11.0 Å². The van der Waals surface area contributed by atoms with Crippen LogP contribution in [0.3, 0.4) is 0 Å². The Balaban J connectivity index is 2.08. The van der Waals surface area contributed by atoms with Crippen molar-refractivity contribution in [2.24, 2.45) is 5.73 Å². The Kier molecular flexibility index (Phi) is 5.49. The number of nitriles is 1. The van der Waals surface area contributed by atoms with Crippen LogP contribution < -0.4 is 5.73 Å². The lowest BCUT2D eigenvalue weighted by atomic mass is 9.94. The fraction of sp³-hybridized carbons (Fsp3) is 0.917. The van der Waals surface area contributed by atoms with E-state index in [1.165, 1.54) is 31.4 Å². The van der Waals surface area contributed by atoms with Crippen LogP contribution in [-0.2, 0) is 0 Å². The van der Waals surface area contributed by atoms with Crippen LogP contribution in [-0.4, -0.2) is 16.5 Å². The lowest BCUT2D eigenvalue weighted by molar-refractivity contribution is 0.478. The van der Waals surface area contributed by atoms with Crippen LogP contribution in [0.25, 0.3) is 0 Å². The van der Waals surface area contributed by atoms with Crippen molar-refractivity contribution in [3.05, 3.63) is 0 Å². The van der Waals surface area contributed by atoms with Gasteiger partial charge in [0.25, 0.3) is 0 Å². The van der Waals surface area contributed by atoms with Crippen molar-refractivity contribution in [3.8, 4) is 6.07 Å². The standard InChI is InChI=1S/C12H22N2S/c1-2-12(14,10-13)8-5-9-15-11-6-3-4-7-11/h11H,2-9,14H2,1H3. The number of nitrogens with two attached hydrogens (primary N) is 1. The summed E-state index contributed by atoms with van der Waals surface area (Å²) in [5.74, 6) is 1.17. The molecule has 86 valence electrons. The second-order valence-corrected chi connectivity index (χ2v) is 5.91. The maximum absolute atomic E-state index is 8.91. The van der Waals surface area contributed by atoms with Crippen molar-refractivity contribution in [2.75, 3.05) is 5.75 Å². The molecule has 1 saturated carbocycles. The smallest absolute Gasteiger partial charge is 0.104 e. The third-order valence-corrected chi connectivity index (χ3v) is 4.74. The number of hydrogen-bond donors (Lipinski definition) is 1. The molecule has 0 heterocycles. The van der Waals surface area contributed by atoms with Gasteiger partial charge in [-0.15, -0.1) is 0 Å². The molecule has 0 amide bonds. The van der Waals surface area contributed by atoms with E-state index in [0.29, 0.717) is 0 Å². The maximum Gasteiger partial charge on any atom is 0.104 e. The zero-order valence-corrected chi connectivity index (χ0v) is 10.5. The molecule has 1 aliphatic rings. The number of nitrogens with zero attached hydrogens (tertiary/aromatic N) is 1. The highest BCUT2D eigenvalue weighted by Gasteiger charge is 2.21. The van der Waals surface area contributed by atoms with E-state index in [2.05, 4.69) is 17.8 Å². The third kappa shape index (κ3) is 4.44. The Hall–Kier alpha value is -0.200. The molecule has 0 aromatic heterocycles. The molecule has 2 N–H and O–H groups in total. The van der Waals surface area contributed by atoms with E-state index in [1.807, 2.05) is 6.92 Å². The van der Waals surface area contributed by atoms with Gasteiger partial charge in [-0.2, -0.15) is 17.0 Å². The quantitative estimate of drug-likeness (QED) is 0.708. The predicted molar refractivity (Wildman–Crippen MR) is 66.8 cm³/mol. The molecule has 0 aliphatic heterocycles. The summed E-state index contributed by atoms with van der Waals surface area (Å²) in [4.78, 5) is 0. The molecule has 0 saturated heterocycles. The minimum absolute atomic E-state index is 0.573. The highest BCUT2D eigenvalue weighted by molar-refractivity contribution is 7.99. The summed E-state index contributed by atoms with van der Waals surface area (Å²) in [7, 11) is 0. The molecular weight excluding hydrogens is 204 g/mol. The van der Waals surface area contributed by atoms with Gasteiger partial charge in [-0.25, -0.2) is 0 Å². The van der Waals surface area contributed by atoms with Crippen molar-refractivity contribution in [1.29, 1.82) is 5.26 Å². The fourth-order valence-corrected chi connectivity index (χ4v) is 3.32. The summed E-state index contributed by atoms with van der Waals surface area (Å²) >= 11 is 2.08. The zero-order chi connectivity index (χ0) is 11.1. The van der Waals surface area contributed by atoms with Gasteiger partial charge in [0.1, 0.15) is 5.54 Å². The van der Waals surface area contributed by atoms with Crippen LogP contribution in [0.1, 0.15) is 51.9 Å². The van der Waals surface area contributed by atoms with Gasteiger partial charge >= 0.3 is 0 Å². The molecule has 1 fully saturated rings. The zero-order valence-electron chi connectivity index (χ0n) is 9.67. The number of thioether (sulfide) groups is 1. The predicted octanol–water partition coefficient (Wildman–Crippen LogP) is 3.07. The average molecular weight is 226 g/mol. The largest absolute Gasteiger partial charge is 0.313 e. The van der Waals surface area contributed by atoms with Crippen molar-refractivity contribution >= 4 is 11.8 Å². The lowest BCUT2D eigenvalue weighted by Gasteiger charge is -2.19. The first kappa shape index (κ1) is 12.9. The highest BCUT2D eigenvalue weighted by atomic mass is 32.2. The van der Waals surface area contributed by atoms with Gasteiger partial charge in [-0.3, -0.25) is 0 Å². The molecule has 15 heavy (non-hydrogen) atoms. The van der Waals surface area contributed by atoms with Gasteiger partial charge in [0.05, 0.1) is 6.07 Å². The molecular formula is C12H22N2S. The molecule has 1 unspecified atom stereocenters. The van der Waals surface area contributed by atoms with Crippen molar-refractivity contribution < 1.29 is 0 Å². The Bertz CT molecular complexity index is 218. The van der Waals surface area contributed by atoms with Gasteiger partial charge in [-0.05, 0) is 37.9 Å². The summed E-state index contributed by atoms with van der Waals surface area (Å²) in [6, 6.07) is 2.23. The Morgan fingerprint density at radius 2 is 2.13 bits per heavy atom. The summed E-state index contributed by atoms with van der Waals surface area (Å²) in [6.07, 6.45) is 8.29. The molecule has 0 radical (unpaired) electrons. The third-order valence-electron chi connectivity index (χ3n) is 3.28. The van der Waals surface area contributed by atoms with Crippen molar-refractivity contribution in [3.63, 3.8) is 0 Å². The minimum atomic E-state index is -0.573. The fourth-order valence-electron chi connectivity index (χ4n) is 2.00. The van der Waals surface area contributed by atoms with Gasteiger partial charge in [0.15, 0.2) is 0 Å². The second kappa shape index (κ2) is 6.40. The molecule has 3 heteroatoms. The van der Waals surface area contributed by atoms with Crippen LogP contribution in [0.5, 0.6) is 0 Å². The van der Waals surface area contributed by atoms with E-state index in [-0.39, 0.29) is 0 Å². The SMILES string of the molecule is CCC(N)(C#N)CCCSC1CCCC1. The molecule has 0 spiro atoms. The minimum Gasteiger partial charge on any atom is -0.313 e. The van der Waals surface area contributed by atoms with Crippen LogP contribution in [0.15, 0.2) is 0 Å².